The second-order valence-corrected chi connectivity index (χ2v) is 9.23. The minimum atomic E-state index is -0.311. The lowest BCUT2D eigenvalue weighted by molar-refractivity contribution is -0.111. The number of amides is 1. The lowest BCUT2D eigenvalue weighted by Gasteiger charge is -2.26. The van der Waals surface area contributed by atoms with Gasteiger partial charge in [0.05, 0.1) is 30.5 Å². The molecule has 1 amide bonds. The average molecular weight is 490 g/mol. The second-order valence-electron chi connectivity index (χ2n) is 8.82. The molecule has 2 N–H and O–H groups in total. The van der Waals surface area contributed by atoms with Crippen LogP contribution in [-0.2, 0) is 16.0 Å². The Morgan fingerprint density at radius 2 is 2.09 bits per heavy atom. The Labute approximate surface area is 210 Å². The number of unbranched alkanes of at least 4 members (excludes halogenated alkanes) is 2. The molecule has 5 rings (SSSR count). The van der Waals surface area contributed by atoms with Crippen LogP contribution in [0.3, 0.4) is 0 Å². The SMILES string of the molecule is O=C(C#CCCCCN1CCOCC1)Nc1ccc2ncnc(C3Cc4c(Cl)cccc4N3)c2c1. The van der Waals surface area contributed by atoms with Gasteiger partial charge < -0.3 is 15.4 Å². The molecule has 2 aliphatic rings. The van der Waals surface area contributed by atoms with Crippen molar-refractivity contribution in [1.82, 2.24) is 14.9 Å². The van der Waals surface area contributed by atoms with Crippen LogP contribution >= 0.6 is 11.6 Å². The monoisotopic (exact) mass is 489 g/mol. The number of carbonyl (C=O) groups is 1. The van der Waals surface area contributed by atoms with Gasteiger partial charge >= 0.3 is 0 Å². The van der Waals surface area contributed by atoms with E-state index >= 15 is 0 Å². The van der Waals surface area contributed by atoms with Crippen molar-refractivity contribution in [3.05, 3.63) is 59.0 Å². The first-order valence-corrected chi connectivity index (χ1v) is 12.4. The molecule has 1 saturated heterocycles. The summed E-state index contributed by atoms with van der Waals surface area (Å²) in [6, 6.07) is 11.5. The van der Waals surface area contributed by atoms with E-state index in [-0.39, 0.29) is 11.9 Å². The number of morpholine rings is 1. The molecule has 8 heteroatoms. The Morgan fingerprint density at radius 3 is 2.94 bits per heavy atom. The summed E-state index contributed by atoms with van der Waals surface area (Å²) < 4.78 is 5.37. The van der Waals surface area contributed by atoms with Crippen LogP contribution in [0, 0.1) is 11.8 Å². The fourth-order valence-electron chi connectivity index (χ4n) is 4.62. The van der Waals surface area contributed by atoms with Gasteiger partial charge in [-0.15, -0.1) is 0 Å². The van der Waals surface area contributed by atoms with Crippen LogP contribution in [0.2, 0.25) is 5.02 Å². The van der Waals surface area contributed by atoms with Gasteiger partial charge in [-0.25, -0.2) is 9.97 Å². The number of fused-ring (bicyclic) bond motifs is 2. The number of carbonyl (C=O) groups excluding carboxylic acids is 1. The Morgan fingerprint density at radius 1 is 1.20 bits per heavy atom. The van der Waals surface area contributed by atoms with E-state index in [0.29, 0.717) is 12.1 Å². The van der Waals surface area contributed by atoms with Crippen molar-refractivity contribution in [3.8, 4) is 11.8 Å². The number of nitrogens with one attached hydrogen (secondary N) is 2. The lowest BCUT2D eigenvalue weighted by Crippen LogP contribution is -2.36. The number of aromatic nitrogens is 2. The summed E-state index contributed by atoms with van der Waals surface area (Å²) in [5.41, 5.74) is 4.50. The predicted molar refractivity (Wildman–Crippen MR) is 139 cm³/mol. The lowest BCUT2D eigenvalue weighted by atomic mass is 10.0. The topological polar surface area (TPSA) is 79.4 Å². The predicted octanol–water partition coefficient (Wildman–Crippen LogP) is 4.44. The van der Waals surface area contributed by atoms with Crippen LogP contribution in [0.15, 0.2) is 42.7 Å². The number of ether oxygens (including phenoxy) is 1. The summed E-state index contributed by atoms with van der Waals surface area (Å²) in [6.07, 6.45) is 5.09. The molecule has 2 aliphatic heterocycles. The summed E-state index contributed by atoms with van der Waals surface area (Å²) in [4.78, 5) is 23.8. The van der Waals surface area contributed by atoms with E-state index in [0.717, 1.165) is 85.0 Å². The Bertz CT molecular complexity index is 1280. The highest BCUT2D eigenvalue weighted by Crippen LogP contribution is 2.39. The van der Waals surface area contributed by atoms with Crippen LogP contribution in [0.25, 0.3) is 10.9 Å². The molecular weight excluding hydrogens is 462 g/mol. The first kappa shape index (κ1) is 23.6. The number of halogens is 1. The van der Waals surface area contributed by atoms with Crippen LogP contribution in [0.5, 0.6) is 0 Å². The summed E-state index contributed by atoms with van der Waals surface area (Å²) in [7, 11) is 0. The zero-order valence-electron chi connectivity index (χ0n) is 19.5. The maximum Gasteiger partial charge on any atom is 0.300 e. The van der Waals surface area contributed by atoms with Crippen molar-refractivity contribution < 1.29 is 9.53 Å². The zero-order chi connectivity index (χ0) is 24.0. The molecule has 0 aliphatic carbocycles. The van der Waals surface area contributed by atoms with Gasteiger partial charge in [0.2, 0.25) is 0 Å². The molecule has 35 heavy (non-hydrogen) atoms. The average Bonchev–Trinajstić information content (AvgIpc) is 3.32. The molecule has 2 aromatic carbocycles. The summed E-state index contributed by atoms with van der Waals surface area (Å²) in [5, 5.41) is 8.05. The van der Waals surface area contributed by atoms with Gasteiger partial charge in [0, 0.05) is 47.7 Å². The summed E-state index contributed by atoms with van der Waals surface area (Å²) in [6.45, 7) is 4.71. The second kappa shape index (κ2) is 11.0. The molecular formula is C27H28ClN5O2. The minimum absolute atomic E-state index is 0.0152. The van der Waals surface area contributed by atoms with Crippen LogP contribution in [0.4, 0.5) is 11.4 Å². The number of anilines is 2. The third-order valence-corrected chi connectivity index (χ3v) is 6.80. The van der Waals surface area contributed by atoms with E-state index in [1.54, 1.807) is 6.33 Å². The van der Waals surface area contributed by atoms with Gasteiger partial charge in [0.25, 0.3) is 5.91 Å². The normalized spacial score (nSPS) is 17.3. The van der Waals surface area contributed by atoms with Gasteiger partial charge in [-0.2, -0.15) is 0 Å². The maximum absolute atomic E-state index is 12.4. The third kappa shape index (κ3) is 5.73. The first-order chi connectivity index (χ1) is 17.2. The molecule has 0 saturated carbocycles. The molecule has 180 valence electrons. The van der Waals surface area contributed by atoms with E-state index in [2.05, 4.69) is 37.3 Å². The third-order valence-electron chi connectivity index (χ3n) is 6.44. The van der Waals surface area contributed by atoms with Gasteiger partial charge in [0.15, 0.2) is 0 Å². The quantitative estimate of drug-likeness (QED) is 0.394. The maximum atomic E-state index is 12.4. The Hall–Kier alpha value is -3.18. The fourth-order valence-corrected chi connectivity index (χ4v) is 4.87. The van der Waals surface area contributed by atoms with E-state index in [1.807, 2.05) is 36.4 Å². The molecule has 3 aromatic rings. The molecule has 0 radical (unpaired) electrons. The van der Waals surface area contributed by atoms with Crippen molar-refractivity contribution >= 4 is 39.8 Å². The van der Waals surface area contributed by atoms with Crippen LogP contribution in [-0.4, -0.2) is 53.6 Å². The highest BCUT2D eigenvalue weighted by atomic mass is 35.5. The Balaban J connectivity index is 1.20. The van der Waals surface area contributed by atoms with E-state index in [1.165, 1.54) is 0 Å². The number of benzene rings is 2. The zero-order valence-corrected chi connectivity index (χ0v) is 20.3. The minimum Gasteiger partial charge on any atom is -0.379 e. The highest BCUT2D eigenvalue weighted by molar-refractivity contribution is 6.31. The van der Waals surface area contributed by atoms with Crippen molar-refractivity contribution in [3.63, 3.8) is 0 Å². The van der Waals surface area contributed by atoms with E-state index in [4.69, 9.17) is 16.3 Å². The first-order valence-electron chi connectivity index (χ1n) is 12.1. The highest BCUT2D eigenvalue weighted by Gasteiger charge is 2.26. The standard InChI is InChI=1S/C27H28ClN5O2/c28-22-6-5-7-24-20(22)17-25(32-24)27-21-16-19(9-10-23(21)29-18-30-27)31-26(34)8-3-1-2-4-11-33-12-14-35-15-13-33/h5-7,9-10,16,18,25,32H,1-2,4,11-15,17H2,(H,31,34). The number of hydrogen-bond donors (Lipinski definition) is 2. The van der Waals surface area contributed by atoms with Crippen molar-refractivity contribution in [1.29, 1.82) is 0 Å². The van der Waals surface area contributed by atoms with E-state index in [9.17, 15) is 4.79 Å². The van der Waals surface area contributed by atoms with Gasteiger partial charge in [-0.1, -0.05) is 23.6 Å². The number of rotatable bonds is 6. The molecule has 0 spiro atoms. The molecule has 1 aromatic heterocycles. The van der Waals surface area contributed by atoms with Crippen molar-refractivity contribution in [2.24, 2.45) is 0 Å². The van der Waals surface area contributed by atoms with Gasteiger partial charge in [-0.05, 0) is 61.2 Å². The number of hydrogen-bond acceptors (Lipinski definition) is 6. The number of nitrogens with zero attached hydrogens (tertiary/aromatic N) is 3. The van der Waals surface area contributed by atoms with Crippen molar-refractivity contribution in [2.45, 2.75) is 31.7 Å². The van der Waals surface area contributed by atoms with E-state index < -0.39 is 0 Å². The largest absolute Gasteiger partial charge is 0.379 e. The van der Waals surface area contributed by atoms with Gasteiger partial charge in [0.1, 0.15) is 6.33 Å². The van der Waals surface area contributed by atoms with Crippen molar-refractivity contribution in [2.75, 3.05) is 43.5 Å². The smallest absolute Gasteiger partial charge is 0.300 e. The van der Waals surface area contributed by atoms with Crippen LogP contribution in [0.1, 0.15) is 36.6 Å². The molecule has 7 nitrogen and oxygen atoms in total. The molecule has 0 bridgehead atoms. The summed E-state index contributed by atoms with van der Waals surface area (Å²) in [5.74, 6) is 5.40. The molecule has 1 unspecified atom stereocenters. The molecule has 3 heterocycles. The fraction of sp³-hybridized carbons (Fsp3) is 0.370. The Kier molecular flexibility index (Phi) is 7.43. The molecule has 1 atom stereocenters. The molecule has 1 fully saturated rings. The summed E-state index contributed by atoms with van der Waals surface area (Å²) >= 11 is 6.39. The van der Waals surface area contributed by atoms with Crippen LogP contribution < -0.4 is 10.6 Å². The van der Waals surface area contributed by atoms with Gasteiger partial charge in [-0.3, -0.25) is 9.69 Å².